The molecule has 26 heavy (non-hydrogen) atoms. The van der Waals surface area contributed by atoms with Crippen molar-refractivity contribution < 1.29 is 19.2 Å². The van der Waals surface area contributed by atoms with E-state index in [-0.39, 0.29) is 29.4 Å². The number of ether oxygens (including phenoxy) is 1. The number of hydrogen-bond donors (Lipinski definition) is 1. The van der Waals surface area contributed by atoms with E-state index < -0.39 is 17.5 Å². The van der Waals surface area contributed by atoms with Gasteiger partial charge in [0.05, 0.1) is 4.92 Å². The van der Waals surface area contributed by atoms with Gasteiger partial charge in [0, 0.05) is 22.7 Å². The highest BCUT2D eigenvalue weighted by Crippen LogP contribution is 2.22. The minimum atomic E-state index is -0.696. The number of para-hydroxylation sites is 1. The van der Waals surface area contributed by atoms with Crippen LogP contribution in [0.15, 0.2) is 30.5 Å². The maximum Gasteiger partial charge on any atom is 0.328 e. The Bertz CT molecular complexity index is 1020. The summed E-state index contributed by atoms with van der Waals surface area (Å²) in [5, 5.41) is 15.7. The van der Waals surface area contributed by atoms with Crippen LogP contribution in [0.3, 0.4) is 0 Å². The van der Waals surface area contributed by atoms with Gasteiger partial charge in [-0.25, -0.2) is 0 Å². The summed E-state index contributed by atoms with van der Waals surface area (Å²) in [6.45, 7) is 2.28. The Kier molecular flexibility index (Phi) is 4.53. The monoisotopic (exact) mass is 356 g/mol. The summed E-state index contributed by atoms with van der Waals surface area (Å²) in [7, 11) is 0. The van der Waals surface area contributed by atoms with Crippen LogP contribution in [0, 0.1) is 24.0 Å². The fourth-order valence-electron chi connectivity index (χ4n) is 2.80. The van der Waals surface area contributed by atoms with Crippen molar-refractivity contribution in [2.75, 3.05) is 6.61 Å². The zero-order valence-electron chi connectivity index (χ0n) is 14.2. The molecule has 3 rings (SSSR count). The summed E-state index contributed by atoms with van der Waals surface area (Å²) in [5.41, 5.74) is 1.60. The molecule has 1 aromatic carbocycles. The highest BCUT2D eigenvalue weighted by atomic mass is 16.6. The van der Waals surface area contributed by atoms with E-state index in [0.717, 1.165) is 10.9 Å². The molecule has 0 amide bonds. The number of carbonyl (C=O) groups is 2. The Morgan fingerprint density at radius 2 is 2.04 bits per heavy atom. The van der Waals surface area contributed by atoms with Crippen LogP contribution in [-0.2, 0) is 16.1 Å². The number of H-pyrrole nitrogens is 1. The molecule has 9 heteroatoms. The largest absolute Gasteiger partial charge is 0.456 e. The van der Waals surface area contributed by atoms with E-state index >= 15 is 0 Å². The lowest BCUT2D eigenvalue weighted by Gasteiger charge is -2.05. The lowest BCUT2D eigenvalue weighted by Crippen LogP contribution is -2.19. The van der Waals surface area contributed by atoms with Gasteiger partial charge < -0.3 is 9.72 Å². The number of Topliss-reactive ketones (excluding diaryl/α,β-unsaturated/α-hetero) is 1. The molecule has 9 nitrogen and oxygen atoms in total. The molecule has 3 aromatic rings. The second-order valence-electron chi connectivity index (χ2n) is 5.77. The summed E-state index contributed by atoms with van der Waals surface area (Å²) < 4.78 is 6.21. The molecule has 134 valence electrons. The lowest BCUT2D eigenvalue weighted by molar-refractivity contribution is -0.386. The average molecular weight is 356 g/mol. The highest BCUT2D eigenvalue weighted by molar-refractivity contribution is 6.08. The van der Waals surface area contributed by atoms with Gasteiger partial charge in [-0.15, -0.1) is 0 Å². The van der Waals surface area contributed by atoms with Crippen molar-refractivity contribution >= 4 is 28.3 Å². The van der Waals surface area contributed by atoms with Crippen molar-refractivity contribution in [3.05, 3.63) is 57.5 Å². The van der Waals surface area contributed by atoms with Crippen molar-refractivity contribution in [1.29, 1.82) is 0 Å². The Morgan fingerprint density at radius 3 is 2.73 bits per heavy atom. The third kappa shape index (κ3) is 3.18. The number of carbonyl (C=O) groups excluding carboxylic acids is 2. The molecule has 0 aliphatic carbocycles. The normalized spacial score (nSPS) is 10.8. The summed E-state index contributed by atoms with van der Waals surface area (Å²) in [5.74, 6) is -1.03. The topological polar surface area (TPSA) is 120 Å². The van der Waals surface area contributed by atoms with E-state index in [2.05, 4.69) is 10.1 Å². The van der Waals surface area contributed by atoms with Crippen LogP contribution in [0.4, 0.5) is 5.69 Å². The zero-order valence-corrected chi connectivity index (χ0v) is 14.2. The highest BCUT2D eigenvalue weighted by Gasteiger charge is 2.23. The van der Waals surface area contributed by atoms with E-state index in [9.17, 15) is 19.7 Å². The van der Waals surface area contributed by atoms with Gasteiger partial charge in [0.25, 0.3) is 0 Å². The van der Waals surface area contributed by atoms with E-state index in [1.807, 2.05) is 18.2 Å². The smallest absolute Gasteiger partial charge is 0.328 e. The minimum absolute atomic E-state index is 0.132. The summed E-state index contributed by atoms with van der Waals surface area (Å²) in [6, 6.07) is 7.30. The molecule has 0 radical (unpaired) electrons. The predicted molar refractivity (Wildman–Crippen MR) is 91.9 cm³/mol. The number of rotatable bonds is 6. The Balaban J connectivity index is 1.65. The second kappa shape index (κ2) is 6.79. The number of aromatic nitrogens is 3. The van der Waals surface area contributed by atoms with Crippen LogP contribution in [0.1, 0.15) is 21.7 Å². The van der Waals surface area contributed by atoms with Crippen molar-refractivity contribution in [3.63, 3.8) is 0 Å². The quantitative estimate of drug-likeness (QED) is 0.313. The average Bonchev–Trinajstić information content (AvgIpc) is 3.14. The van der Waals surface area contributed by atoms with Gasteiger partial charge in [-0.1, -0.05) is 18.2 Å². The molecule has 0 aliphatic rings. The van der Waals surface area contributed by atoms with E-state index in [1.54, 1.807) is 12.3 Å². The number of aromatic amines is 1. The summed E-state index contributed by atoms with van der Waals surface area (Å²) in [4.78, 5) is 37.7. The van der Waals surface area contributed by atoms with Gasteiger partial charge in [0.2, 0.25) is 5.78 Å². The van der Waals surface area contributed by atoms with Crippen molar-refractivity contribution in [2.45, 2.75) is 20.4 Å². The number of aryl methyl sites for hydroxylation is 1. The van der Waals surface area contributed by atoms with Crippen molar-refractivity contribution in [3.8, 4) is 0 Å². The molecule has 2 heterocycles. The molecule has 1 N–H and O–H groups in total. The van der Waals surface area contributed by atoms with E-state index in [0.29, 0.717) is 5.56 Å². The molecule has 0 fully saturated rings. The first-order chi connectivity index (χ1) is 12.4. The van der Waals surface area contributed by atoms with Crippen molar-refractivity contribution in [1.82, 2.24) is 14.8 Å². The number of benzene rings is 1. The molecular weight excluding hydrogens is 340 g/mol. The van der Waals surface area contributed by atoms with Crippen LogP contribution in [0.2, 0.25) is 0 Å². The standard InChI is InChI=1S/C17H16N4O5/c1-10-17(21(24)25)11(2)20(19-10)8-16(23)26-9-15(22)13-7-18-14-6-4-3-5-12(13)14/h3-7,18H,8-9H2,1-2H3. The number of fused-ring (bicyclic) bond motifs is 1. The molecule has 0 spiro atoms. The fourth-order valence-corrected chi connectivity index (χ4v) is 2.80. The van der Waals surface area contributed by atoms with Crippen LogP contribution >= 0.6 is 0 Å². The first kappa shape index (κ1) is 17.3. The van der Waals surface area contributed by atoms with Crippen LogP contribution < -0.4 is 0 Å². The molecule has 0 saturated carbocycles. The van der Waals surface area contributed by atoms with Gasteiger partial charge in [0.1, 0.15) is 17.9 Å². The SMILES string of the molecule is Cc1nn(CC(=O)OCC(=O)c2c[nH]c3ccccc23)c(C)c1[N+](=O)[O-]. The molecule has 0 unspecified atom stereocenters. The van der Waals surface area contributed by atoms with Gasteiger partial charge in [-0.3, -0.25) is 24.4 Å². The number of nitro groups is 1. The van der Waals surface area contributed by atoms with Crippen LogP contribution in [0.25, 0.3) is 10.9 Å². The zero-order chi connectivity index (χ0) is 18.8. The van der Waals surface area contributed by atoms with Crippen LogP contribution in [-0.4, -0.2) is 38.0 Å². The second-order valence-corrected chi connectivity index (χ2v) is 5.77. The van der Waals surface area contributed by atoms with Crippen molar-refractivity contribution in [2.24, 2.45) is 0 Å². The maximum absolute atomic E-state index is 12.3. The number of ketones is 1. The molecule has 0 saturated heterocycles. The first-order valence-electron chi connectivity index (χ1n) is 7.82. The number of esters is 1. The van der Waals surface area contributed by atoms with Gasteiger partial charge in [0.15, 0.2) is 6.61 Å². The minimum Gasteiger partial charge on any atom is -0.456 e. The van der Waals surface area contributed by atoms with Gasteiger partial charge in [-0.2, -0.15) is 5.10 Å². The Hall–Kier alpha value is -3.49. The van der Waals surface area contributed by atoms with E-state index in [1.165, 1.54) is 18.5 Å². The molecule has 0 bridgehead atoms. The Morgan fingerprint density at radius 1 is 1.31 bits per heavy atom. The first-order valence-corrected chi connectivity index (χ1v) is 7.82. The number of hydrogen-bond acceptors (Lipinski definition) is 6. The maximum atomic E-state index is 12.3. The van der Waals surface area contributed by atoms with Crippen LogP contribution in [0.5, 0.6) is 0 Å². The van der Waals surface area contributed by atoms with E-state index in [4.69, 9.17) is 4.74 Å². The number of nitrogens with zero attached hydrogens (tertiary/aromatic N) is 3. The third-order valence-corrected chi connectivity index (χ3v) is 4.06. The molecule has 0 aliphatic heterocycles. The molecule has 0 atom stereocenters. The fraction of sp³-hybridized carbons (Fsp3) is 0.235. The Labute approximate surface area is 147 Å². The number of nitrogens with one attached hydrogen (secondary N) is 1. The molecular formula is C17H16N4O5. The van der Waals surface area contributed by atoms with Gasteiger partial charge >= 0.3 is 11.7 Å². The van der Waals surface area contributed by atoms with Gasteiger partial charge in [-0.05, 0) is 19.9 Å². The lowest BCUT2D eigenvalue weighted by atomic mass is 10.1. The predicted octanol–water partition coefficient (Wildman–Crippen LogP) is 2.32. The molecule has 2 aromatic heterocycles. The summed E-state index contributed by atoms with van der Waals surface area (Å²) >= 11 is 0. The summed E-state index contributed by atoms with van der Waals surface area (Å²) in [6.07, 6.45) is 1.57. The third-order valence-electron chi connectivity index (χ3n) is 4.06.